The second kappa shape index (κ2) is 10.6. The molecule has 0 amide bonds. The van der Waals surface area contributed by atoms with Gasteiger partial charge in [-0.1, -0.05) is 26.0 Å². The SMILES string of the molecule is CCOC(=O)c1cn([C@H](CO)C(C)C)c2cc(OC)c(CCc3ccc(F)cc3)cc2c1=O. The van der Waals surface area contributed by atoms with Gasteiger partial charge in [-0.15, -0.1) is 0 Å². The van der Waals surface area contributed by atoms with Gasteiger partial charge >= 0.3 is 5.97 Å². The van der Waals surface area contributed by atoms with E-state index in [1.165, 1.54) is 18.3 Å². The molecule has 0 aliphatic heterocycles. The third-order valence-corrected chi connectivity index (χ3v) is 5.84. The number of carbonyl (C=O) groups is 1. The minimum atomic E-state index is -0.692. The Morgan fingerprint density at radius 3 is 2.42 bits per heavy atom. The molecule has 0 aliphatic rings. The molecular formula is C26H30FNO5. The van der Waals surface area contributed by atoms with Crippen LogP contribution in [0.4, 0.5) is 4.39 Å². The zero-order valence-electron chi connectivity index (χ0n) is 19.4. The maximum Gasteiger partial charge on any atom is 0.343 e. The molecule has 1 atom stereocenters. The van der Waals surface area contributed by atoms with E-state index in [4.69, 9.17) is 9.47 Å². The highest BCUT2D eigenvalue weighted by Crippen LogP contribution is 2.30. The Labute approximate surface area is 192 Å². The lowest BCUT2D eigenvalue weighted by atomic mass is 9.98. The zero-order chi connectivity index (χ0) is 24.1. The van der Waals surface area contributed by atoms with Crippen LogP contribution in [0.3, 0.4) is 0 Å². The van der Waals surface area contributed by atoms with Crippen LogP contribution in [0.5, 0.6) is 5.75 Å². The molecule has 0 aliphatic carbocycles. The summed E-state index contributed by atoms with van der Waals surface area (Å²) in [6.07, 6.45) is 2.65. The Balaban J connectivity index is 2.18. The van der Waals surface area contributed by atoms with Gasteiger partial charge in [0.15, 0.2) is 0 Å². The normalized spacial score (nSPS) is 12.2. The molecule has 0 bridgehead atoms. The summed E-state index contributed by atoms with van der Waals surface area (Å²) in [5.41, 5.74) is 1.83. The third-order valence-electron chi connectivity index (χ3n) is 5.84. The maximum absolute atomic E-state index is 13.3. The van der Waals surface area contributed by atoms with Crippen molar-refractivity contribution in [2.75, 3.05) is 20.3 Å². The molecule has 0 saturated carbocycles. The van der Waals surface area contributed by atoms with Gasteiger partial charge in [0.2, 0.25) is 5.43 Å². The van der Waals surface area contributed by atoms with Gasteiger partial charge in [0.1, 0.15) is 17.1 Å². The summed E-state index contributed by atoms with van der Waals surface area (Å²) in [6.45, 7) is 5.59. The monoisotopic (exact) mass is 455 g/mol. The number of aliphatic hydroxyl groups excluding tert-OH is 1. The fourth-order valence-electron chi connectivity index (χ4n) is 3.99. The number of carbonyl (C=O) groups excluding carboxylic acids is 1. The van der Waals surface area contributed by atoms with Crippen LogP contribution in [-0.4, -0.2) is 36.0 Å². The van der Waals surface area contributed by atoms with Crippen LogP contribution in [0.1, 0.15) is 48.3 Å². The second-order valence-corrected chi connectivity index (χ2v) is 8.30. The number of methoxy groups -OCH3 is 1. The number of aryl methyl sites for hydroxylation is 2. The molecule has 6 nitrogen and oxygen atoms in total. The van der Waals surface area contributed by atoms with E-state index in [0.717, 1.165) is 11.1 Å². The molecule has 1 aromatic heterocycles. The summed E-state index contributed by atoms with van der Waals surface area (Å²) < 4.78 is 25.7. The molecule has 0 fully saturated rings. The first-order valence-electron chi connectivity index (χ1n) is 11.1. The molecule has 176 valence electrons. The fourth-order valence-corrected chi connectivity index (χ4v) is 3.99. The van der Waals surface area contributed by atoms with Crippen LogP contribution in [0.2, 0.25) is 0 Å². The van der Waals surface area contributed by atoms with Crippen molar-refractivity contribution in [3.05, 3.63) is 75.3 Å². The number of nitrogens with zero attached hydrogens (tertiary/aromatic N) is 1. The largest absolute Gasteiger partial charge is 0.496 e. The van der Waals surface area contributed by atoms with Gasteiger partial charge < -0.3 is 19.1 Å². The fraction of sp³-hybridized carbons (Fsp3) is 0.385. The topological polar surface area (TPSA) is 77.8 Å². The average molecular weight is 456 g/mol. The summed E-state index contributed by atoms with van der Waals surface area (Å²) in [6, 6.07) is 9.45. The highest BCUT2D eigenvalue weighted by Gasteiger charge is 2.23. The summed E-state index contributed by atoms with van der Waals surface area (Å²) in [5.74, 6) is -0.345. The van der Waals surface area contributed by atoms with Crippen molar-refractivity contribution in [3.8, 4) is 5.75 Å². The number of ether oxygens (including phenoxy) is 2. The van der Waals surface area contributed by atoms with Crippen LogP contribution >= 0.6 is 0 Å². The van der Waals surface area contributed by atoms with E-state index in [1.807, 2.05) is 13.8 Å². The lowest BCUT2D eigenvalue weighted by Gasteiger charge is -2.25. The minimum Gasteiger partial charge on any atom is -0.496 e. The molecule has 0 unspecified atom stereocenters. The summed E-state index contributed by atoms with van der Waals surface area (Å²) >= 11 is 0. The van der Waals surface area contributed by atoms with Crippen LogP contribution in [0.15, 0.2) is 47.4 Å². The zero-order valence-corrected chi connectivity index (χ0v) is 19.4. The number of rotatable bonds is 9. The summed E-state index contributed by atoms with van der Waals surface area (Å²) in [7, 11) is 1.56. The molecule has 33 heavy (non-hydrogen) atoms. The van der Waals surface area contributed by atoms with E-state index in [2.05, 4.69) is 0 Å². The van der Waals surface area contributed by atoms with E-state index in [0.29, 0.717) is 29.5 Å². The quantitative estimate of drug-likeness (QED) is 0.487. The van der Waals surface area contributed by atoms with Gasteiger partial charge in [-0.3, -0.25) is 4.79 Å². The minimum absolute atomic E-state index is 0.0416. The lowest BCUT2D eigenvalue weighted by Crippen LogP contribution is -2.26. The molecule has 3 rings (SSSR count). The van der Waals surface area contributed by atoms with E-state index in [-0.39, 0.29) is 36.6 Å². The predicted octanol–water partition coefficient (Wildman–Crippen LogP) is 4.30. The maximum atomic E-state index is 13.3. The number of hydrogen-bond donors (Lipinski definition) is 1. The van der Waals surface area contributed by atoms with Crippen LogP contribution < -0.4 is 10.2 Å². The highest BCUT2D eigenvalue weighted by atomic mass is 19.1. The van der Waals surface area contributed by atoms with Crippen molar-refractivity contribution in [1.82, 2.24) is 4.57 Å². The molecule has 1 heterocycles. The number of aromatic nitrogens is 1. The molecule has 0 spiro atoms. The number of hydrogen-bond acceptors (Lipinski definition) is 5. The van der Waals surface area contributed by atoms with Crippen LogP contribution in [0, 0.1) is 11.7 Å². The van der Waals surface area contributed by atoms with E-state index < -0.39 is 11.4 Å². The van der Waals surface area contributed by atoms with Crippen LogP contribution in [-0.2, 0) is 17.6 Å². The Hall–Kier alpha value is -3.19. The van der Waals surface area contributed by atoms with E-state index >= 15 is 0 Å². The van der Waals surface area contributed by atoms with Gasteiger partial charge in [-0.25, -0.2) is 9.18 Å². The first-order valence-corrected chi connectivity index (χ1v) is 11.1. The third kappa shape index (κ3) is 5.25. The first-order chi connectivity index (χ1) is 15.8. The van der Waals surface area contributed by atoms with E-state index in [9.17, 15) is 19.1 Å². The van der Waals surface area contributed by atoms with Crippen molar-refractivity contribution in [3.63, 3.8) is 0 Å². The number of pyridine rings is 1. The number of esters is 1. The molecule has 7 heteroatoms. The average Bonchev–Trinajstić information content (AvgIpc) is 2.80. The first kappa shape index (κ1) is 24.5. The van der Waals surface area contributed by atoms with Crippen molar-refractivity contribution < 1.29 is 23.8 Å². The van der Waals surface area contributed by atoms with E-state index in [1.54, 1.807) is 42.9 Å². The second-order valence-electron chi connectivity index (χ2n) is 8.30. The lowest BCUT2D eigenvalue weighted by molar-refractivity contribution is 0.0523. The number of benzene rings is 2. The molecule has 2 aromatic carbocycles. The number of halogens is 1. The van der Waals surface area contributed by atoms with Gasteiger partial charge in [0.25, 0.3) is 0 Å². The van der Waals surface area contributed by atoms with Gasteiger partial charge in [-0.05, 0) is 55.0 Å². The summed E-state index contributed by atoms with van der Waals surface area (Å²) in [4.78, 5) is 25.8. The number of fused-ring (bicyclic) bond motifs is 1. The molecular weight excluding hydrogens is 425 g/mol. The van der Waals surface area contributed by atoms with Gasteiger partial charge in [0, 0.05) is 17.6 Å². The van der Waals surface area contributed by atoms with Crippen molar-refractivity contribution in [2.45, 2.75) is 39.7 Å². The predicted molar refractivity (Wildman–Crippen MR) is 125 cm³/mol. The molecule has 3 aromatic rings. The highest BCUT2D eigenvalue weighted by molar-refractivity contribution is 5.94. The number of aliphatic hydroxyl groups is 1. The molecule has 0 radical (unpaired) electrons. The van der Waals surface area contributed by atoms with Crippen LogP contribution in [0.25, 0.3) is 10.9 Å². The Bertz CT molecular complexity index is 1180. The van der Waals surface area contributed by atoms with Crippen molar-refractivity contribution in [2.24, 2.45) is 5.92 Å². The molecule has 0 saturated heterocycles. The molecule has 1 N–H and O–H groups in total. The Morgan fingerprint density at radius 1 is 1.15 bits per heavy atom. The summed E-state index contributed by atoms with van der Waals surface area (Å²) in [5, 5.41) is 10.4. The van der Waals surface area contributed by atoms with Crippen molar-refractivity contribution >= 4 is 16.9 Å². The van der Waals surface area contributed by atoms with Gasteiger partial charge in [0.05, 0.1) is 31.9 Å². The Morgan fingerprint density at radius 2 is 1.85 bits per heavy atom. The van der Waals surface area contributed by atoms with Gasteiger partial charge in [-0.2, -0.15) is 0 Å². The standard InChI is InChI=1S/C26H30FNO5/c1-5-33-26(31)21-14-28(23(15-29)16(2)3)22-13-24(32-4)18(12-20(22)25(21)30)9-6-17-7-10-19(27)11-8-17/h7-8,10-14,16,23,29H,5-6,9,15H2,1-4H3/t23-/m1/s1. The Kier molecular flexibility index (Phi) is 7.87. The smallest absolute Gasteiger partial charge is 0.343 e. The van der Waals surface area contributed by atoms with Crippen molar-refractivity contribution in [1.29, 1.82) is 0 Å².